The average molecular weight is 424 g/mol. The fraction of sp³-hybridized carbons (Fsp3) is 0.455. The predicted octanol–water partition coefficient (Wildman–Crippen LogP) is 5.37. The number of nitrogens with zero attached hydrogens (tertiary/aromatic N) is 2. The van der Waals surface area contributed by atoms with E-state index >= 15 is 0 Å². The molecule has 30 heavy (non-hydrogen) atoms. The number of aromatic nitrogens is 1. The maximum atomic E-state index is 13.5. The van der Waals surface area contributed by atoms with Crippen molar-refractivity contribution >= 4 is 5.91 Å². The smallest absolute Gasteiger partial charge is 0.371 e. The number of carbonyl (C=O) groups is 1. The van der Waals surface area contributed by atoms with Crippen LogP contribution in [-0.2, 0) is 9.53 Å². The van der Waals surface area contributed by atoms with Crippen molar-refractivity contribution in [1.29, 1.82) is 0 Å². The van der Waals surface area contributed by atoms with Gasteiger partial charge in [0.05, 0.1) is 6.04 Å². The summed E-state index contributed by atoms with van der Waals surface area (Å²) in [5.41, 5.74) is 1.31. The third-order valence-corrected chi connectivity index (χ3v) is 5.11. The van der Waals surface area contributed by atoms with Gasteiger partial charge in [-0.2, -0.15) is 13.2 Å². The van der Waals surface area contributed by atoms with E-state index in [0.29, 0.717) is 24.1 Å². The Labute approximate surface area is 172 Å². The van der Waals surface area contributed by atoms with Crippen molar-refractivity contribution in [2.24, 2.45) is 0 Å². The predicted molar refractivity (Wildman–Crippen MR) is 103 cm³/mol. The lowest BCUT2D eigenvalue weighted by Crippen LogP contribution is -2.41. The molecule has 1 aromatic heterocycles. The van der Waals surface area contributed by atoms with Crippen LogP contribution in [0.25, 0.3) is 0 Å². The first kappa shape index (κ1) is 22.2. The van der Waals surface area contributed by atoms with E-state index in [-0.39, 0.29) is 18.9 Å². The third kappa shape index (κ3) is 6.01. The molecule has 1 aliphatic rings. The quantitative estimate of drug-likeness (QED) is 0.422. The van der Waals surface area contributed by atoms with Gasteiger partial charge in [-0.3, -0.25) is 9.78 Å². The summed E-state index contributed by atoms with van der Waals surface area (Å²) in [5.74, 6) is -0.463. The van der Waals surface area contributed by atoms with Crippen LogP contribution in [0.4, 0.5) is 17.6 Å². The van der Waals surface area contributed by atoms with Crippen LogP contribution < -0.4 is 0 Å². The molecule has 2 atom stereocenters. The van der Waals surface area contributed by atoms with Crippen molar-refractivity contribution in [3.05, 3.63) is 65.7 Å². The second kappa shape index (κ2) is 10.0. The summed E-state index contributed by atoms with van der Waals surface area (Å²) in [4.78, 5) is 18.5. The molecular weight excluding hydrogens is 400 g/mol. The van der Waals surface area contributed by atoms with E-state index < -0.39 is 30.6 Å². The number of hydrogen-bond acceptors (Lipinski definition) is 3. The monoisotopic (exact) mass is 424 g/mol. The highest BCUT2D eigenvalue weighted by Gasteiger charge is 2.35. The number of halogens is 4. The summed E-state index contributed by atoms with van der Waals surface area (Å²) < 4.78 is 57.1. The van der Waals surface area contributed by atoms with E-state index in [1.165, 1.54) is 12.1 Å². The number of hydrogen-bond donors (Lipinski definition) is 0. The Morgan fingerprint density at radius 2 is 1.87 bits per heavy atom. The summed E-state index contributed by atoms with van der Waals surface area (Å²) >= 11 is 0. The van der Waals surface area contributed by atoms with Crippen molar-refractivity contribution < 1.29 is 27.1 Å². The lowest BCUT2D eigenvalue weighted by Gasteiger charge is -2.39. The second-order valence-electron chi connectivity index (χ2n) is 7.34. The highest BCUT2D eigenvalue weighted by molar-refractivity contribution is 5.77. The highest BCUT2D eigenvalue weighted by Crippen LogP contribution is 2.39. The summed E-state index contributed by atoms with van der Waals surface area (Å²) in [5, 5.41) is 0. The molecule has 1 fully saturated rings. The minimum Gasteiger partial charge on any atom is -0.371 e. The number of amides is 1. The maximum absolute atomic E-state index is 13.5. The number of piperidine rings is 1. The molecule has 1 amide bonds. The first-order valence-electron chi connectivity index (χ1n) is 9.98. The number of carbonyl (C=O) groups excluding carboxylic acids is 1. The molecule has 0 bridgehead atoms. The van der Waals surface area contributed by atoms with Gasteiger partial charge in [0.2, 0.25) is 5.91 Å². The molecule has 0 saturated carbocycles. The Kier molecular flexibility index (Phi) is 7.42. The van der Waals surface area contributed by atoms with Gasteiger partial charge in [0.25, 0.3) is 0 Å². The summed E-state index contributed by atoms with van der Waals surface area (Å²) in [7, 11) is 0. The molecular formula is C22H24F4N2O2. The van der Waals surface area contributed by atoms with Crippen molar-refractivity contribution in [3.8, 4) is 0 Å². The van der Waals surface area contributed by atoms with Gasteiger partial charge < -0.3 is 9.64 Å². The Hall–Kier alpha value is -2.48. The van der Waals surface area contributed by atoms with E-state index in [4.69, 9.17) is 4.74 Å². The second-order valence-corrected chi connectivity index (χ2v) is 7.34. The van der Waals surface area contributed by atoms with Crippen LogP contribution in [0, 0.1) is 5.82 Å². The molecule has 1 aliphatic heterocycles. The Balaban J connectivity index is 1.93. The topological polar surface area (TPSA) is 42.4 Å². The van der Waals surface area contributed by atoms with E-state index in [9.17, 15) is 22.4 Å². The number of likely N-dealkylation sites (tertiary alicyclic amines) is 1. The van der Waals surface area contributed by atoms with Gasteiger partial charge in [-0.1, -0.05) is 18.2 Å². The Morgan fingerprint density at radius 1 is 1.10 bits per heavy atom. The fourth-order valence-electron chi connectivity index (χ4n) is 3.70. The zero-order valence-electron chi connectivity index (χ0n) is 16.4. The molecule has 0 unspecified atom stereocenters. The van der Waals surface area contributed by atoms with Crippen LogP contribution in [0.3, 0.4) is 0 Å². The zero-order valence-corrected chi connectivity index (χ0v) is 16.4. The van der Waals surface area contributed by atoms with Crippen LogP contribution in [-0.4, -0.2) is 35.1 Å². The van der Waals surface area contributed by atoms with Crippen molar-refractivity contribution in [2.45, 2.75) is 50.4 Å². The first-order valence-corrected chi connectivity index (χ1v) is 9.98. The van der Waals surface area contributed by atoms with Crippen LogP contribution in [0.5, 0.6) is 0 Å². The van der Waals surface area contributed by atoms with Crippen LogP contribution in [0.2, 0.25) is 0 Å². The zero-order chi connectivity index (χ0) is 21.6. The molecule has 0 spiro atoms. The number of benzene rings is 1. The van der Waals surface area contributed by atoms with Gasteiger partial charge >= 0.3 is 6.18 Å². The minimum atomic E-state index is -4.26. The van der Waals surface area contributed by atoms with Crippen molar-refractivity contribution in [2.75, 3.05) is 13.2 Å². The van der Waals surface area contributed by atoms with Crippen LogP contribution in [0.1, 0.15) is 55.4 Å². The van der Waals surface area contributed by atoms with Gasteiger partial charge in [-0.05, 0) is 43.0 Å². The molecule has 8 heteroatoms. The lowest BCUT2D eigenvalue weighted by molar-refractivity contribution is -0.144. The van der Waals surface area contributed by atoms with E-state index in [0.717, 1.165) is 12.8 Å². The van der Waals surface area contributed by atoms with Crippen LogP contribution >= 0.6 is 0 Å². The summed E-state index contributed by atoms with van der Waals surface area (Å²) in [6.45, 7) is 0.377. The number of rotatable bonds is 8. The van der Waals surface area contributed by atoms with Gasteiger partial charge in [-0.15, -0.1) is 0 Å². The minimum absolute atomic E-state index is 0.0524. The number of alkyl halides is 3. The highest BCUT2D eigenvalue weighted by atomic mass is 19.4. The third-order valence-electron chi connectivity index (χ3n) is 5.11. The maximum Gasteiger partial charge on any atom is 0.389 e. The lowest BCUT2D eigenvalue weighted by atomic mass is 9.93. The molecule has 0 aliphatic carbocycles. The number of pyridine rings is 1. The Morgan fingerprint density at radius 3 is 2.50 bits per heavy atom. The van der Waals surface area contributed by atoms with Crippen LogP contribution in [0.15, 0.2) is 48.8 Å². The molecule has 0 radical (unpaired) electrons. The number of ether oxygens (including phenoxy) is 1. The molecule has 2 aromatic rings. The standard InChI is InChI=1S/C22H24F4N2O2/c23-18-9-7-16(8-10-18)20(28-13-2-1-6-19(28)29)21(17-5-3-12-27-15-17)30-14-4-11-22(24,25)26/h3,5,7-10,12,15,20-21H,1-2,4,6,11,13-14H2/t20-,21+/m1/s1. The fourth-order valence-corrected chi connectivity index (χ4v) is 3.70. The van der Waals surface area contributed by atoms with Gasteiger partial charge in [0, 0.05) is 44.0 Å². The molecule has 1 saturated heterocycles. The molecule has 0 N–H and O–H groups in total. The van der Waals surface area contributed by atoms with E-state index in [2.05, 4.69) is 4.98 Å². The molecule has 1 aromatic carbocycles. The van der Waals surface area contributed by atoms with E-state index in [1.807, 2.05) is 0 Å². The van der Waals surface area contributed by atoms with Crippen molar-refractivity contribution in [1.82, 2.24) is 9.88 Å². The SMILES string of the molecule is O=C1CCCCN1[C@H](c1ccc(F)cc1)[C@@H](OCCCC(F)(F)F)c1cccnc1. The van der Waals surface area contributed by atoms with Crippen molar-refractivity contribution in [3.63, 3.8) is 0 Å². The van der Waals surface area contributed by atoms with E-state index in [1.54, 1.807) is 41.6 Å². The first-order chi connectivity index (χ1) is 14.3. The summed E-state index contributed by atoms with van der Waals surface area (Å²) in [6.07, 6.45) is -0.951. The van der Waals surface area contributed by atoms with Gasteiger partial charge in [-0.25, -0.2) is 4.39 Å². The Bertz CT molecular complexity index is 812. The van der Waals surface area contributed by atoms with Gasteiger partial charge in [0.15, 0.2) is 0 Å². The van der Waals surface area contributed by atoms with Gasteiger partial charge in [0.1, 0.15) is 11.9 Å². The molecule has 162 valence electrons. The normalized spacial score (nSPS) is 17.1. The molecule has 3 rings (SSSR count). The molecule has 2 heterocycles. The largest absolute Gasteiger partial charge is 0.389 e. The summed E-state index contributed by atoms with van der Waals surface area (Å²) in [6, 6.07) is 8.68. The molecule has 4 nitrogen and oxygen atoms in total. The average Bonchev–Trinajstić information content (AvgIpc) is 2.72.